The van der Waals surface area contributed by atoms with Crippen molar-refractivity contribution in [1.29, 1.82) is 0 Å². The van der Waals surface area contributed by atoms with Gasteiger partial charge in [-0.15, -0.1) is 0 Å². The highest BCUT2D eigenvalue weighted by Crippen LogP contribution is 2.28. The maximum absolute atomic E-state index is 10.2. The Hall–Kier alpha value is -2.67. The van der Waals surface area contributed by atoms with E-state index in [1.165, 1.54) is 5.56 Å². The van der Waals surface area contributed by atoms with Gasteiger partial charge in [-0.3, -0.25) is 0 Å². The zero-order chi connectivity index (χ0) is 18.0. The number of aromatic nitrogens is 4. The van der Waals surface area contributed by atoms with Gasteiger partial charge in [0.1, 0.15) is 0 Å². The molecule has 0 amide bonds. The van der Waals surface area contributed by atoms with Gasteiger partial charge in [-0.1, -0.05) is 31.1 Å². The summed E-state index contributed by atoms with van der Waals surface area (Å²) in [6.45, 7) is 6.33. The van der Waals surface area contributed by atoms with Gasteiger partial charge in [-0.2, -0.15) is 10.1 Å². The minimum Gasteiger partial charge on any atom is -0.504 e. The van der Waals surface area contributed by atoms with Crippen LogP contribution in [0.15, 0.2) is 35.0 Å². The predicted molar refractivity (Wildman–Crippen MR) is 94.8 cm³/mol. The number of nitrogens with zero attached hydrogens (tertiary/aromatic N) is 4. The SMILES string of the molecule is CNC(C)Cc1noc(-c2nn(-c3ccc(C(C)C)cc3)cc2O)n1. The van der Waals surface area contributed by atoms with Crippen molar-refractivity contribution in [1.82, 2.24) is 25.2 Å². The fourth-order valence-electron chi connectivity index (χ4n) is 2.47. The number of hydrogen-bond acceptors (Lipinski definition) is 6. The van der Waals surface area contributed by atoms with E-state index < -0.39 is 0 Å². The smallest absolute Gasteiger partial charge is 0.282 e. The van der Waals surface area contributed by atoms with E-state index in [9.17, 15) is 5.11 Å². The van der Waals surface area contributed by atoms with E-state index in [1.807, 2.05) is 26.1 Å². The molecular weight excluding hydrogens is 318 g/mol. The van der Waals surface area contributed by atoms with Crippen LogP contribution in [0.1, 0.15) is 38.1 Å². The normalized spacial score (nSPS) is 12.7. The lowest BCUT2D eigenvalue weighted by Gasteiger charge is -2.06. The van der Waals surface area contributed by atoms with Gasteiger partial charge >= 0.3 is 0 Å². The second kappa shape index (κ2) is 7.06. The fraction of sp³-hybridized carbons (Fsp3) is 0.389. The quantitative estimate of drug-likeness (QED) is 0.716. The van der Waals surface area contributed by atoms with Crippen LogP contribution in [0, 0.1) is 0 Å². The molecule has 7 heteroatoms. The minimum absolute atomic E-state index is 0.00445. The molecule has 3 rings (SSSR count). The second-order valence-corrected chi connectivity index (χ2v) is 6.46. The van der Waals surface area contributed by atoms with Gasteiger partial charge in [0.2, 0.25) is 0 Å². The Labute approximate surface area is 146 Å². The summed E-state index contributed by atoms with van der Waals surface area (Å²) in [4.78, 5) is 4.32. The number of nitrogens with one attached hydrogen (secondary N) is 1. The molecule has 132 valence electrons. The lowest BCUT2D eigenvalue weighted by atomic mass is 10.0. The summed E-state index contributed by atoms with van der Waals surface area (Å²) in [5.41, 5.74) is 2.39. The summed E-state index contributed by atoms with van der Waals surface area (Å²) in [7, 11) is 1.88. The van der Waals surface area contributed by atoms with E-state index in [2.05, 4.69) is 46.5 Å². The molecule has 0 aliphatic rings. The molecule has 0 saturated heterocycles. The fourth-order valence-corrected chi connectivity index (χ4v) is 2.47. The number of likely N-dealkylation sites (N-methyl/N-ethyl adjacent to an activating group) is 1. The van der Waals surface area contributed by atoms with Gasteiger partial charge in [-0.05, 0) is 37.6 Å². The summed E-state index contributed by atoms with van der Waals surface area (Å²) in [6, 6.07) is 8.29. The molecule has 2 aromatic heterocycles. The molecular formula is C18H23N5O2. The maximum atomic E-state index is 10.2. The van der Waals surface area contributed by atoms with Crippen LogP contribution in [-0.2, 0) is 6.42 Å². The van der Waals surface area contributed by atoms with Crippen molar-refractivity contribution < 1.29 is 9.63 Å². The van der Waals surface area contributed by atoms with Crippen LogP contribution < -0.4 is 5.32 Å². The van der Waals surface area contributed by atoms with Crippen LogP contribution in [0.2, 0.25) is 0 Å². The molecule has 25 heavy (non-hydrogen) atoms. The van der Waals surface area contributed by atoms with Crippen LogP contribution in [0.25, 0.3) is 17.3 Å². The monoisotopic (exact) mass is 341 g/mol. The summed E-state index contributed by atoms with van der Waals surface area (Å²) >= 11 is 0. The summed E-state index contributed by atoms with van der Waals surface area (Å²) in [5, 5.41) is 21.7. The number of hydrogen-bond donors (Lipinski definition) is 2. The average Bonchev–Trinajstić information content (AvgIpc) is 3.21. The zero-order valence-electron chi connectivity index (χ0n) is 14.9. The Balaban J connectivity index is 1.85. The number of benzene rings is 1. The van der Waals surface area contributed by atoms with Gasteiger partial charge in [0.25, 0.3) is 5.89 Å². The summed E-state index contributed by atoms with van der Waals surface area (Å²) < 4.78 is 6.86. The maximum Gasteiger partial charge on any atom is 0.282 e. The first kappa shape index (κ1) is 17.2. The zero-order valence-corrected chi connectivity index (χ0v) is 14.9. The number of rotatable bonds is 6. The average molecular weight is 341 g/mol. The summed E-state index contributed by atoms with van der Waals surface area (Å²) in [6.07, 6.45) is 2.18. The van der Waals surface area contributed by atoms with Crippen molar-refractivity contribution in [3.8, 4) is 23.0 Å². The molecule has 1 unspecified atom stereocenters. The first-order chi connectivity index (χ1) is 12.0. The Bertz CT molecular complexity index is 836. The van der Waals surface area contributed by atoms with E-state index in [0.717, 1.165) is 5.69 Å². The van der Waals surface area contributed by atoms with Crippen molar-refractivity contribution in [2.45, 2.75) is 39.2 Å². The van der Waals surface area contributed by atoms with E-state index in [-0.39, 0.29) is 23.4 Å². The predicted octanol–water partition coefficient (Wildman–Crippen LogP) is 2.90. The molecule has 0 bridgehead atoms. The second-order valence-electron chi connectivity index (χ2n) is 6.46. The summed E-state index contributed by atoms with van der Waals surface area (Å²) in [5.74, 6) is 1.26. The Morgan fingerprint density at radius 3 is 2.56 bits per heavy atom. The van der Waals surface area contributed by atoms with E-state index in [1.54, 1.807) is 10.9 Å². The van der Waals surface area contributed by atoms with E-state index in [4.69, 9.17) is 4.52 Å². The third-order valence-electron chi connectivity index (χ3n) is 4.17. The van der Waals surface area contributed by atoms with E-state index >= 15 is 0 Å². The lowest BCUT2D eigenvalue weighted by molar-refractivity contribution is 0.412. The molecule has 0 saturated carbocycles. The molecule has 7 nitrogen and oxygen atoms in total. The standard InChI is InChI=1S/C18H23N5O2/c1-11(2)13-5-7-14(8-6-13)23-10-15(24)17(21-23)18-20-16(22-25-18)9-12(3)19-4/h5-8,10-12,19,24H,9H2,1-4H3. The van der Waals surface area contributed by atoms with E-state index in [0.29, 0.717) is 18.2 Å². The van der Waals surface area contributed by atoms with Gasteiger partial charge < -0.3 is 14.9 Å². The highest BCUT2D eigenvalue weighted by Gasteiger charge is 2.19. The first-order valence-corrected chi connectivity index (χ1v) is 8.37. The van der Waals surface area contributed by atoms with Crippen LogP contribution in [0.3, 0.4) is 0 Å². The largest absolute Gasteiger partial charge is 0.504 e. The van der Waals surface area contributed by atoms with Gasteiger partial charge in [0.05, 0.1) is 11.9 Å². The highest BCUT2D eigenvalue weighted by atomic mass is 16.5. The minimum atomic E-state index is 0.00445. The topological polar surface area (TPSA) is 89.0 Å². The molecule has 1 atom stereocenters. The molecule has 2 N–H and O–H groups in total. The molecule has 1 aromatic carbocycles. The van der Waals surface area contributed by atoms with Gasteiger partial charge in [0.15, 0.2) is 17.3 Å². The third kappa shape index (κ3) is 3.71. The van der Waals surface area contributed by atoms with Crippen molar-refractivity contribution >= 4 is 0 Å². The van der Waals surface area contributed by atoms with Crippen LogP contribution in [0.4, 0.5) is 0 Å². The van der Waals surface area contributed by atoms with Gasteiger partial charge in [-0.25, -0.2) is 4.68 Å². The van der Waals surface area contributed by atoms with Crippen molar-refractivity contribution in [2.75, 3.05) is 7.05 Å². The molecule has 0 aliphatic carbocycles. The Kier molecular flexibility index (Phi) is 4.85. The first-order valence-electron chi connectivity index (χ1n) is 8.37. The highest BCUT2D eigenvalue weighted by molar-refractivity contribution is 5.57. The molecule has 2 heterocycles. The molecule has 0 aliphatic heterocycles. The third-order valence-corrected chi connectivity index (χ3v) is 4.17. The Morgan fingerprint density at radius 1 is 1.20 bits per heavy atom. The van der Waals surface area contributed by atoms with Crippen LogP contribution in [0.5, 0.6) is 5.75 Å². The van der Waals surface area contributed by atoms with Crippen LogP contribution in [-0.4, -0.2) is 38.1 Å². The number of aromatic hydroxyl groups is 1. The molecule has 3 aromatic rings. The van der Waals surface area contributed by atoms with Crippen molar-refractivity contribution in [3.05, 3.63) is 41.9 Å². The molecule has 0 radical (unpaired) electrons. The van der Waals surface area contributed by atoms with Crippen molar-refractivity contribution in [3.63, 3.8) is 0 Å². The Morgan fingerprint density at radius 2 is 1.92 bits per heavy atom. The molecule has 0 spiro atoms. The van der Waals surface area contributed by atoms with Gasteiger partial charge in [0, 0.05) is 12.5 Å². The lowest BCUT2D eigenvalue weighted by Crippen LogP contribution is -2.24. The van der Waals surface area contributed by atoms with Crippen LogP contribution >= 0.6 is 0 Å². The van der Waals surface area contributed by atoms with Crippen molar-refractivity contribution in [2.24, 2.45) is 0 Å². The molecule has 0 fully saturated rings.